The predicted molar refractivity (Wildman–Crippen MR) is 140 cm³/mol. The zero-order valence-electron chi connectivity index (χ0n) is 22.7. The van der Waals surface area contributed by atoms with E-state index in [1.807, 2.05) is 0 Å². The fourth-order valence-electron chi connectivity index (χ4n) is 5.53. The third-order valence-corrected chi connectivity index (χ3v) is 7.99. The van der Waals surface area contributed by atoms with E-state index in [1.54, 1.807) is 13.8 Å². The molecule has 216 valence electrons. The fraction of sp³-hybridized carbons (Fsp3) is 0.483. The van der Waals surface area contributed by atoms with Crippen molar-refractivity contribution in [3.05, 3.63) is 57.7 Å². The number of fused-ring (bicyclic) bond motifs is 2. The Balaban J connectivity index is 1.91. The minimum absolute atomic E-state index is 0.00874. The van der Waals surface area contributed by atoms with Crippen LogP contribution in [0.5, 0.6) is 11.5 Å². The van der Waals surface area contributed by atoms with Crippen molar-refractivity contribution in [1.29, 1.82) is 0 Å². The molecule has 1 aliphatic heterocycles. The Morgan fingerprint density at radius 3 is 2.35 bits per heavy atom. The van der Waals surface area contributed by atoms with Crippen LogP contribution in [-0.2, 0) is 20.7 Å². The lowest BCUT2D eigenvalue weighted by Gasteiger charge is -2.44. The van der Waals surface area contributed by atoms with Crippen molar-refractivity contribution in [1.82, 2.24) is 0 Å². The van der Waals surface area contributed by atoms with Gasteiger partial charge in [-0.25, -0.2) is 0 Å². The minimum atomic E-state index is -2.27. The van der Waals surface area contributed by atoms with Crippen LogP contribution in [0.2, 0.25) is 0 Å². The Morgan fingerprint density at radius 1 is 1.12 bits per heavy atom. The molecular formula is C29H34O11. The lowest BCUT2D eigenvalue weighted by Crippen LogP contribution is -2.54. The lowest BCUT2D eigenvalue weighted by atomic mass is 9.72. The number of ether oxygens (including phenoxy) is 2. The Labute approximate surface area is 230 Å². The van der Waals surface area contributed by atoms with Gasteiger partial charge < -0.3 is 40.1 Å². The van der Waals surface area contributed by atoms with Crippen molar-refractivity contribution in [3.63, 3.8) is 0 Å². The van der Waals surface area contributed by atoms with E-state index in [1.165, 1.54) is 26.0 Å². The number of aliphatic hydroxyl groups excluding tert-OH is 3. The summed E-state index contributed by atoms with van der Waals surface area (Å²) in [5.41, 5.74) is -2.93. The smallest absolute Gasteiger partial charge is 0.198 e. The van der Waals surface area contributed by atoms with E-state index in [4.69, 9.17) is 9.47 Å². The highest BCUT2D eigenvalue weighted by atomic mass is 16.7. The second kappa shape index (κ2) is 10.7. The average Bonchev–Trinajstić information content (AvgIpc) is 2.90. The van der Waals surface area contributed by atoms with Gasteiger partial charge in [-0.3, -0.25) is 14.4 Å². The molecule has 0 radical (unpaired) electrons. The number of carbonyl (C=O) groups excluding carboxylic acids is 3. The molecule has 11 heteroatoms. The Hall–Kier alpha value is -3.19. The number of ketones is 3. The number of aromatic hydroxyl groups is 2. The molecule has 40 heavy (non-hydrogen) atoms. The van der Waals surface area contributed by atoms with Crippen molar-refractivity contribution in [3.8, 4) is 11.5 Å². The molecule has 0 saturated carbocycles. The zero-order valence-corrected chi connectivity index (χ0v) is 22.7. The first-order valence-corrected chi connectivity index (χ1v) is 12.9. The fourth-order valence-corrected chi connectivity index (χ4v) is 5.53. The lowest BCUT2D eigenvalue weighted by molar-refractivity contribution is -0.290. The molecule has 7 unspecified atom stereocenters. The molecule has 1 saturated heterocycles. The Kier molecular flexibility index (Phi) is 7.94. The predicted octanol–water partition coefficient (Wildman–Crippen LogP) is 1.32. The van der Waals surface area contributed by atoms with E-state index in [-0.39, 0.29) is 22.3 Å². The van der Waals surface area contributed by atoms with Gasteiger partial charge in [0, 0.05) is 41.0 Å². The summed E-state index contributed by atoms with van der Waals surface area (Å²) < 4.78 is 11.8. The molecule has 7 atom stereocenters. The van der Waals surface area contributed by atoms with Crippen molar-refractivity contribution in [2.45, 2.75) is 76.8 Å². The highest BCUT2D eigenvalue weighted by Gasteiger charge is 2.50. The highest BCUT2D eigenvalue weighted by Crippen LogP contribution is 2.52. The molecule has 0 spiro atoms. The van der Waals surface area contributed by atoms with Crippen LogP contribution in [0.3, 0.4) is 0 Å². The van der Waals surface area contributed by atoms with Crippen LogP contribution < -0.4 is 0 Å². The summed E-state index contributed by atoms with van der Waals surface area (Å²) in [7, 11) is 0. The molecular weight excluding hydrogens is 524 g/mol. The molecule has 6 N–H and O–H groups in total. The van der Waals surface area contributed by atoms with Crippen LogP contribution >= 0.6 is 0 Å². The minimum Gasteiger partial charge on any atom is -0.507 e. The average molecular weight is 559 g/mol. The normalized spacial score (nSPS) is 32.3. The molecule has 0 amide bonds. The molecule has 1 aromatic rings. The molecule has 4 rings (SSSR count). The second-order valence-corrected chi connectivity index (χ2v) is 10.9. The highest BCUT2D eigenvalue weighted by molar-refractivity contribution is 6.30. The Morgan fingerprint density at radius 2 is 1.75 bits per heavy atom. The maximum Gasteiger partial charge on any atom is 0.198 e. The van der Waals surface area contributed by atoms with Crippen LogP contribution in [0.1, 0.15) is 72.1 Å². The van der Waals surface area contributed by atoms with Gasteiger partial charge in [0.05, 0.1) is 29.4 Å². The summed E-state index contributed by atoms with van der Waals surface area (Å²) in [5.74, 6) is -4.64. The van der Waals surface area contributed by atoms with Crippen molar-refractivity contribution < 1.29 is 54.5 Å². The third kappa shape index (κ3) is 4.72. The number of hydrogen-bond donors (Lipinski definition) is 6. The van der Waals surface area contributed by atoms with E-state index >= 15 is 0 Å². The van der Waals surface area contributed by atoms with Gasteiger partial charge >= 0.3 is 0 Å². The number of phenols is 2. The maximum atomic E-state index is 13.6. The molecule has 0 bridgehead atoms. The number of hydrogen-bond acceptors (Lipinski definition) is 11. The number of allylic oxidation sites excluding steroid dienone is 5. The van der Waals surface area contributed by atoms with Gasteiger partial charge in [-0.1, -0.05) is 31.2 Å². The van der Waals surface area contributed by atoms with Gasteiger partial charge in [0.15, 0.2) is 23.6 Å². The molecule has 11 nitrogen and oxygen atoms in total. The number of Topliss-reactive ketones (excluding diaryl/α,β-unsaturated/α-hetero) is 3. The van der Waals surface area contributed by atoms with E-state index in [0.29, 0.717) is 5.57 Å². The zero-order chi connectivity index (χ0) is 29.8. The number of aliphatic hydroxyl groups is 4. The van der Waals surface area contributed by atoms with E-state index < -0.39 is 102 Å². The van der Waals surface area contributed by atoms with Gasteiger partial charge in [-0.2, -0.15) is 0 Å². The monoisotopic (exact) mass is 558 g/mol. The summed E-state index contributed by atoms with van der Waals surface area (Å²) in [4.78, 5) is 39.6. The van der Waals surface area contributed by atoms with E-state index in [0.717, 1.165) is 0 Å². The van der Waals surface area contributed by atoms with Crippen LogP contribution in [0.15, 0.2) is 35.5 Å². The quantitative estimate of drug-likeness (QED) is 0.218. The van der Waals surface area contributed by atoms with Crippen LogP contribution in [-0.4, -0.2) is 84.8 Å². The molecule has 1 fully saturated rings. The number of benzene rings is 1. The summed E-state index contributed by atoms with van der Waals surface area (Å²) in [6.45, 7) is 8.84. The molecule has 1 heterocycles. The largest absolute Gasteiger partial charge is 0.507 e. The van der Waals surface area contributed by atoms with E-state index in [9.17, 15) is 45.0 Å². The second-order valence-electron chi connectivity index (χ2n) is 10.9. The molecule has 1 aromatic carbocycles. The number of phenolic OH excluding ortho intramolecular Hbond substituents is 2. The SMILES string of the molecule is C=C(C)C=CC1=C(C)C(=O)c2c(O)c3c(c(O)c2C1=O)C(OC1OC(C)C(O)C(O)C1C)CC(O)(C(=O)CO)C3. The summed E-state index contributed by atoms with van der Waals surface area (Å²) in [6, 6.07) is 0. The Bertz CT molecular complexity index is 1360. The number of carbonyl (C=O) groups is 3. The molecule has 2 aliphatic carbocycles. The summed E-state index contributed by atoms with van der Waals surface area (Å²) in [6.07, 6.45) is -4.10. The first kappa shape index (κ1) is 29.8. The van der Waals surface area contributed by atoms with Gasteiger partial charge in [-0.15, -0.1) is 0 Å². The van der Waals surface area contributed by atoms with Crippen LogP contribution in [0, 0.1) is 5.92 Å². The third-order valence-electron chi connectivity index (χ3n) is 7.99. The first-order chi connectivity index (χ1) is 18.6. The first-order valence-electron chi connectivity index (χ1n) is 12.9. The summed E-state index contributed by atoms with van der Waals surface area (Å²) in [5, 5.41) is 64.2. The van der Waals surface area contributed by atoms with Gasteiger partial charge in [0.25, 0.3) is 0 Å². The van der Waals surface area contributed by atoms with E-state index in [2.05, 4.69) is 6.58 Å². The van der Waals surface area contributed by atoms with Gasteiger partial charge in [0.2, 0.25) is 0 Å². The number of rotatable bonds is 6. The van der Waals surface area contributed by atoms with Crippen molar-refractivity contribution in [2.75, 3.05) is 6.61 Å². The van der Waals surface area contributed by atoms with Crippen molar-refractivity contribution >= 4 is 17.3 Å². The molecule has 3 aliphatic rings. The van der Waals surface area contributed by atoms with Gasteiger partial charge in [-0.05, 0) is 20.8 Å². The topological polar surface area (TPSA) is 191 Å². The standard InChI is InChI=1S/C29H34O11/c1-11(2)6-7-15-12(3)22(32)20-21(25(15)35)27(37)19-16(26(20)36)8-29(38,18(31)10-30)9-17(19)40-28-13(4)23(33)24(34)14(5)39-28/h6-7,13-14,17,23-24,28,30,33-34,36-38H,1,8-10H2,2-5H3. The van der Waals surface area contributed by atoms with Gasteiger partial charge in [0.1, 0.15) is 29.8 Å². The van der Waals surface area contributed by atoms with Crippen LogP contribution in [0.4, 0.5) is 0 Å². The maximum absolute atomic E-state index is 13.6. The molecule has 0 aromatic heterocycles. The summed E-state index contributed by atoms with van der Waals surface area (Å²) >= 11 is 0. The van der Waals surface area contributed by atoms with Crippen molar-refractivity contribution in [2.24, 2.45) is 5.92 Å². The van der Waals surface area contributed by atoms with Crippen LogP contribution in [0.25, 0.3) is 0 Å².